The third kappa shape index (κ3) is 1.33. The van der Waals surface area contributed by atoms with Crippen molar-refractivity contribution < 1.29 is 0 Å². The monoisotopic (exact) mass is 125 g/mol. The molecule has 0 aromatic rings. The van der Waals surface area contributed by atoms with Crippen LogP contribution >= 0.6 is 0 Å². The molecule has 0 radical (unpaired) electrons. The molecule has 1 rings (SSSR count). The van der Waals surface area contributed by atoms with Gasteiger partial charge in [0.25, 0.3) is 0 Å². The Kier molecular flexibility index (Phi) is 1.91. The molecule has 1 heteroatoms. The van der Waals surface area contributed by atoms with Crippen LogP contribution in [0.4, 0.5) is 0 Å². The van der Waals surface area contributed by atoms with E-state index in [1.807, 2.05) is 0 Å². The highest BCUT2D eigenvalue weighted by Crippen LogP contribution is 2.16. The molecule has 0 unspecified atom stereocenters. The van der Waals surface area contributed by atoms with Crippen LogP contribution in [0.5, 0.6) is 0 Å². The fourth-order valence-corrected chi connectivity index (χ4v) is 1.38. The van der Waals surface area contributed by atoms with Crippen LogP contribution in [-0.2, 0) is 0 Å². The van der Waals surface area contributed by atoms with Gasteiger partial charge >= 0.3 is 0 Å². The normalized spacial score (nSPS) is 27.1. The van der Waals surface area contributed by atoms with Gasteiger partial charge in [0.1, 0.15) is 0 Å². The summed E-state index contributed by atoms with van der Waals surface area (Å²) in [6.07, 6.45) is 2.30. The van der Waals surface area contributed by atoms with Gasteiger partial charge in [0.2, 0.25) is 0 Å². The predicted molar refractivity (Wildman–Crippen MR) is 40.4 cm³/mol. The Balaban J connectivity index is 2.57. The first-order valence-corrected chi connectivity index (χ1v) is 3.65. The molecule has 0 aromatic carbocycles. The number of rotatable bonds is 1. The fourth-order valence-electron chi connectivity index (χ4n) is 1.38. The summed E-state index contributed by atoms with van der Waals surface area (Å²) in [5.74, 6) is 0.718. The molecule has 0 aromatic heterocycles. The van der Waals surface area contributed by atoms with Gasteiger partial charge in [-0.2, -0.15) is 0 Å². The van der Waals surface area contributed by atoms with Crippen molar-refractivity contribution in [1.29, 1.82) is 0 Å². The van der Waals surface area contributed by atoms with E-state index in [1.54, 1.807) is 5.57 Å². The highest BCUT2D eigenvalue weighted by atomic mass is 14.9. The van der Waals surface area contributed by atoms with Crippen molar-refractivity contribution in [1.82, 2.24) is 5.32 Å². The molecule has 1 heterocycles. The molecule has 1 N–H and O–H groups in total. The second kappa shape index (κ2) is 2.53. The number of hydrogen-bond donors (Lipinski definition) is 1. The van der Waals surface area contributed by atoms with Gasteiger partial charge in [-0.05, 0) is 12.8 Å². The van der Waals surface area contributed by atoms with E-state index >= 15 is 0 Å². The zero-order chi connectivity index (χ0) is 6.85. The third-order valence-corrected chi connectivity index (χ3v) is 1.93. The molecular weight excluding hydrogens is 110 g/mol. The Morgan fingerprint density at radius 2 is 2.33 bits per heavy atom. The minimum Gasteiger partial charge on any atom is -0.307 e. The van der Waals surface area contributed by atoms with Gasteiger partial charge in [-0.15, -0.1) is 0 Å². The first-order chi connectivity index (χ1) is 4.22. The van der Waals surface area contributed by atoms with E-state index in [0.717, 1.165) is 12.5 Å². The van der Waals surface area contributed by atoms with Crippen LogP contribution < -0.4 is 5.32 Å². The molecular formula is C8H15N. The highest BCUT2D eigenvalue weighted by Gasteiger charge is 2.15. The van der Waals surface area contributed by atoms with Crippen molar-refractivity contribution in [3.63, 3.8) is 0 Å². The quantitative estimate of drug-likeness (QED) is 0.524. The molecule has 1 nitrogen and oxygen atoms in total. The largest absolute Gasteiger partial charge is 0.307 e. The van der Waals surface area contributed by atoms with Gasteiger partial charge < -0.3 is 5.32 Å². The second-order valence-electron chi connectivity index (χ2n) is 2.99. The van der Waals surface area contributed by atoms with Crippen LogP contribution in [0, 0.1) is 5.92 Å². The average Bonchev–Trinajstić information content (AvgIpc) is 2.13. The minimum absolute atomic E-state index is 0.616. The molecule has 0 aliphatic carbocycles. The molecule has 0 saturated heterocycles. The molecule has 1 aliphatic heterocycles. The maximum atomic E-state index is 3.36. The molecule has 0 bridgehead atoms. The lowest BCUT2D eigenvalue weighted by molar-refractivity contribution is 0.625. The Hall–Kier alpha value is -0.300. The Morgan fingerprint density at radius 3 is 2.56 bits per heavy atom. The summed E-state index contributed by atoms with van der Waals surface area (Å²) in [5.41, 5.74) is 1.56. The molecule has 1 atom stereocenters. The zero-order valence-electron chi connectivity index (χ0n) is 6.44. The first-order valence-electron chi connectivity index (χ1n) is 3.65. The van der Waals surface area contributed by atoms with E-state index in [2.05, 4.69) is 32.2 Å². The minimum atomic E-state index is 0.616. The molecule has 0 spiro atoms. The van der Waals surface area contributed by atoms with Crippen molar-refractivity contribution in [2.45, 2.75) is 26.8 Å². The summed E-state index contributed by atoms with van der Waals surface area (Å²) in [6.45, 7) is 7.78. The van der Waals surface area contributed by atoms with Crippen LogP contribution in [0.3, 0.4) is 0 Å². The topological polar surface area (TPSA) is 12.0 Å². The van der Waals surface area contributed by atoms with E-state index in [1.165, 1.54) is 0 Å². The highest BCUT2D eigenvalue weighted by molar-refractivity contribution is 5.17. The maximum absolute atomic E-state index is 3.36. The van der Waals surface area contributed by atoms with Crippen molar-refractivity contribution >= 4 is 0 Å². The van der Waals surface area contributed by atoms with Crippen LogP contribution in [0.15, 0.2) is 11.6 Å². The van der Waals surface area contributed by atoms with E-state index in [4.69, 9.17) is 0 Å². The first kappa shape index (κ1) is 6.81. The summed E-state index contributed by atoms with van der Waals surface area (Å²) >= 11 is 0. The summed E-state index contributed by atoms with van der Waals surface area (Å²) < 4.78 is 0. The van der Waals surface area contributed by atoms with Crippen molar-refractivity contribution in [2.75, 3.05) is 6.54 Å². The summed E-state index contributed by atoms with van der Waals surface area (Å²) in [6, 6.07) is 0.616. The molecule has 0 saturated carbocycles. The zero-order valence-corrected chi connectivity index (χ0v) is 6.44. The van der Waals surface area contributed by atoms with Crippen LogP contribution in [0.2, 0.25) is 0 Å². The van der Waals surface area contributed by atoms with Crippen molar-refractivity contribution in [3.05, 3.63) is 11.6 Å². The average molecular weight is 125 g/mol. The standard InChI is InChI=1S/C8H15N/c1-6(2)8-4-5-9-7(8)3/h4,6-7,9H,5H2,1-3H3/t7-/m1/s1. The predicted octanol–water partition coefficient (Wildman–Crippen LogP) is 1.56. The molecule has 0 fully saturated rings. The van der Waals surface area contributed by atoms with Gasteiger partial charge in [0.05, 0.1) is 0 Å². The molecule has 52 valence electrons. The third-order valence-electron chi connectivity index (χ3n) is 1.93. The van der Waals surface area contributed by atoms with Gasteiger partial charge in [-0.25, -0.2) is 0 Å². The Bertz CT molecular complexity index is 125. The molecule has 1 aliphatic rings. The van der Waals surface area contributed by atoms with Gasteiger partial charge in [-0.3, -0.25) is 0 Å². The van der Waals surface area contributed by atoms with Gasteiger partial charge in [-0.1, -0.05) is 25.5 Å². The lowest BCUT2D eigenvalue weighted by Gasteiger charge is -2.12. The summed E-state index contributed by atoms with van der Waals surface area (Å²) in [7, 11) is 0. The maximum Gasteiger partial charge on any atom is 0.0257 e. The number of nitrogens with one attached hydrogen (secondary N) is 1. The summed E-state index contributed by atoms with van der Waals surface area (Å²) in [4.78, 5) is 0. The van der Waals surface area contributed by atoms with E-state index in [9.17, 15) is 0 Å². The van der Waals surface area contributed by atoms with E-state index in [-0.39, 0.29) is 0 Å². The second-order valence-corrected chi connectivity index (χ2v) is 2.99. The Morgan fingerprint density at radius 1 is 1.67 bits per heavy atom. The van der Waals surface area contributed by atoms with E-state index in [0.29, 0.717) is 6.04 Å². The Labute approximate surface area is 57.1 Å². The lowest BCUT2D eigenvalue weighted by Crippen LogP contribution is -2.22. The van der Waals surface area contributed by atoms with E-state index < -0.39 is 0 Å². The molecule has 9 heavy (non-hydrogen) atoms. The number of hydrogen-bond acceptors (Lipinski definition) is 1. The van der Waals surface area contributed by atoms with Crippen molar-refractivity contribution in [2.24, 2.45) is 5.92 Å². The molecule has 0 amide bonds. The van der Waals surface area contributed by atoms with Crippen LogP contribution in [0.1, 0.15) is 20.8 Å². The SMILES string of the molecule is CC(C)C1=CCN[C@@H]1C. The smallest absolute Gasteiger partial charge is 0.0257 e. The van der Waals surface area contributed by atoms with Gasteiger partial charge in [0, 0.05) is 12.6 Å². The van der Waals surface area contributed by atoms with Crippen molar-refractivity contribution in [3.8, 4) is 0 Å². The van der Waals surface area contributed by atoms with Gasteiger partial charge in [0.15, 0.2) is 0 Å². The van der Waals surface area contributed by atoms with Crippen LogP contribution in [0.25, 0.3) is 0 Å². The van der Waals surface area contributed by atoms with Crippen LogP contribution in [-0.4, -0.2) is 12.6 Å². The lowest BCUT2D eigenvalue weighted by atomic mass is 9.99. The fraction of sp³-hybridized carbons (Fsp3) is 0.750. The summed E-state index contributed by atoms with van der Waals surface area (Å²) in [5, 5.41) is 3.36.